The maximum absolute atomic E-state index is 12.2. The number of Topliss-reactive ketones (excluding diaryl/α,β-unsaturated/α-hetero) is 1. The van der Waals surface area contributed by atoms with Crippen molar-refractivity contribution in [1.82, 2.24) is 9.55 Å². The van der Waals surface area contributed by atoms with Crippen LogP contribution in [0.4, 0.5) is 0 Å². The summed E-state index contributed by atoms with van der Waals surface area (Å²) in [7, 11) is 0. The molecule has 28 heavy (non-hydrogen) atoms. The van der Waals surface area contributed by atoms with Crippen molar-refractivity contribution in [3.05, 3.63) is 117 Å². The summed E-state index contributed by atoms with van der Waals surface area (Å²) in [4.78, 5) is 28.4. The minimum absolute atomic E-state index is 0.000212. The number of carbonyl (C=O) groups excluding carboxylic acids is 1. The molecule has 0 aliphatic heterocycles. The SMILES string of the molecule is CC1=CCC(Cc2cncc(C(=O)C3=C[CH]3)c2)=CC=C1Cn1ccccc1=O. The Balaban J connectivity index is 1.52. The van der Waals surface area contributed by atoms with Gasteiger partial charge in [0.2, 0.25) is 0 Å². The zero-order valence-corrected chi connectivity index (χ0v) is 15.8. The van der Waals surface area contributed by atoms with Crippen LogP contribution in [0.15, 0.2) is 94.2 Å². The molecule has 4 nitrogen and oxygen atoms in total. The quantitative estimate of drug-likeness (QED) is 0.723. The van der Waals surface area contributed by atoms with Gasteiger partial charge in [-0.25, -0.2) is 0 Å². The van der Waals surface area contributed by atoms with Gasteiger partial charge in [-0.05, 0) is 48.6 Å². The maximum atomic E-state index is 12.2. The van der Waals surface area contributed by atoms with Gasteiger partial charge in [-0.3, -0.25) is 14.6 Å². The molecule has 0 bridgehead atoms. The van der Waals surface area contributed by atoms with E-state index in [2.05, 4.69) is 30.1 Å². The predicted octanol–water partition coefficient (Wildman–Crippen LogP) is 4.02. The fourth-order valence-corrected chi connectivity index (χ4v) is 3.25. The average Bonchev–Trinajstić information content (AvgIpc) is 3.55. The van der Waals surface area contributed by atoms with Crippen molar-refractivity contribution in [3.8, 4) is 0 Å². The molecular formula is C24H21N2O2. The molecule has 2 aliphatic carbocycles. The Hall–Kier alpha value is -3.27. The molecule has 1 radical (unpaired) electrons. The van der Waals surface area contributed by atoms with Crippen LogP contribution in [-0.2, 0) is 13.0 Å². The molecule has 2 heterocycles. The zero-order chi connectivity index (χ0) is 19.5. The lowest BCUT2D eigenvalue weighted by molar-refractivity contribution is 0.104. The highest BCUT2D eigenvalue weighted by molar-refractivity contribution is 6.13. The molecule has 0 saturated carbocycles. The first-order valence-electron chi connectivity index (χ1n) is 9.35. The molecule has 2 aliphatic rings. The van der Waals surface area contributed by atoms with Crippen molar-refractivity contribution in [2.75, 3.05) is 0 Å². The van der Waals surface area contributed by atoms with Gasteiger partial charge < -0.3 is 4.57 Å². The van der Waals surface area contributed by atoms with Crippen molar-refractivity contribution in [2.24, 2.45) is 0 Å². The van der Waals surface area contributed by atoms with Crippen LogP contribution in [-0.4, -0.2) is 15.3 Å². The number of rotatable bonds is 6. The Bertz CT molecular complexity index is 1110. The average molecular weight is 369 g/mol. The van der Waals surface area contributed by atoms with Gasteiger partial charge >= 0.3 is 0 Å². The molecule has 4 rings (SSSR count). The Morgan fingerprint density at radius 1 is 1.18 bits per heavy atom. The van der Waals surface area contributed by atoms with Gasteiger partial charge in [0, 0.05) is 42.2 Å². The number of hydrogen-bond donors (Lipinski definition) is 0. The summed E-state index contributed by atoms with van der Waals surface area (Å²) in [6.07, 6.45) is 16.9. The van der Waals surface area contributed by atoms with E-state index in [0.717, 1.165) is 29.6 Å². The summed E-state index contributed by atoms with van der Waals surface area (Å²) in [5, 5.41) is 0. The largest absolute Gasteiger partial charge is 0.311 e. The lowest BCUT2D eigenvalue weighted by Gasteiger charge is -2.09. The van der Waals surface area contributed by atoms with Crippen LogP contribution in [0.5, 0.6) is 0 Å². The number of pyridine rings is 2. The van der Waals surface area contributed by atoms with Crippen LogP contribution >= 0.6 is 0 Å². The first kappa shape index (κ1) is 18.1. The van der Waals surface area contributed by atoms with Gasteiger partial charge in [-0.1, -0.05) is 35.9 Å². The molecule has 0 spiro atoms. The molecule has 0 N–H and O–H groups in total. The molecule has 139 valence electrons. The van der Waals surface area contributed by atoms with E-state index in [4.69, 9.17) is 0 Å². The topological polar surface area (TPSA) is 52.0 Å². The second-order valence-corrected chi connectivity index (χ2v) is 7.15. The van der Waals surface area contributed by atoms with E-state index in [9.17, 15) is 9.59 Å². The number of hydrogen-bond acceptors (Lipinski definition) is 3. The van der Waals surface area contributed by atoms with E-state index in [1.165, 1.54) is 11.1 Å². The normalized spacial score (nSPS) is 15.8. The Morgan fingerprint density at radius 2 is 2.04 bits per heavy atom. The molecule has 0 saturated heterocycles. The Kier molecular flexibility index (Phi) is 5.02. The smallest absolute Gasteiger partial charge is 0.250 e. The van der Waals surface area contributed by atoms with Gasteiger partial charge in [-0.15, -0.1) is 0 Å². The van der Waals surface area contributed by atoms with Gasteiger partial charge in [-0.2, -0.15) is 0 Å². The maximum Gasteiger partial charge on any atom is 0.250 e. The molecule has 2 aromatic heterocycles. The van der Waals surface area contributed by atoms with Gasteiger partial charge in [0.15, 0.2) is 5.78 Å². The van der Waals surface area contributed by atoms with Crippen LogP contribution in [0.3, 0.4) is 0 Å². The predicted molar refractivity (Wildman–Crippen MR) is 110 cm³/mol. The minimum Gasteiger partial charge on any atom is -0.311 e. The summed E-state index contributed by atoms with van der Waals surface area (Å²) >= 11 is 0. The lowest BCUT2D eigenvalue weighted by atomic mass is 10.0. The molecule has 0 amide bonds. The van der Waals surface area contributed by atoms with E-state index in [0.29, 0.717) is 12.1 Å². The first-order chi connectivity index (χ1) is 13.6. The van der Waals surface area contributed by atoms with Crippen molar-refractivity contribution in [2.45, 2.75) is 26.3 Å². The van der Waals surface area contributed by atoms with E-state index in [1.807, 2.05) is 37.0 Å². The highest BCUT2D eigenvalue weighted by Crippen LogP contribution is 2.24. The number of carbonyl (C=O) groups is 1. The summed E-state index contributed by atoms with van der Waals surface area (Å²) < 4.78 is 1.71. The summed E-state index contributed by atoms with van der Waals surface area (Å²) in [5.41, 5.74) is 5.98. The van der Waals surface area contributed by atoms with Gasteiger partial charge in [0.25, 0.3) is 5.56 Å². The van der Waals surface area contributed by atoms with Crippen LogP contribution < -0.4 is 5.56 Å². The van der Waals surface area contributed by atoms with Gasteiger partial charge in [0.05, 0.1) is 6.54 Å². The standard InChI is InChI=1S/C24H21N2O2/c1-17-5-6-18(7-8-21(17)16-26-11-3-2-4-23(26)27)12-19-13-22(15-25-14-19)24(28)20-9-10-20/h2-5,7-11,13-15H,6,12,16H2,1H3. The van der Waals surface area contributed by atoms with Crippen molar-refractivity contribution in [3.63, 3.8) is 0 Å². The van der Waals surface area contributed by atoms with Crippen LogP contribution in [0, 0.1) is 6.42 Å². The monoisotopic (exact) mass is 369 g/mol. The molecule has 0 unspecified atom stereocenters. The van der Waals surface area contributed by atoms with Gasteiger partial charge in [0.1, 0.15) is 0 Å². The summed E-state index contributed by atoms with van der Waals surface area (Å²) in [5.74, 6) is 0.0374. The van der Waals surface area contributed by atoms with Crippen LogP contribution in [0.25, 0.3) is 0 Å². The number of aromatic nitrogens is 2. The van der Waals surface area contributed by atoms with E-state index in [-0.39, 0.29) is 11.3 Å². The van der Waals surface area contributed by atoms with Crippen LogP contribution in [0.2, 0.25) is 0 Å². The molecule has 0 aromatic carbocycles. The zero-order valence-electron chi connectivity index (χ0n) is 15.8. The highest BCUT2D eigenvalue weighted by Gasteiger charge is 2.19. The minimum atomic E-state index is 0.000212. The van der Waals surface area contributed by atoms with Crippen LogP contribution in [0.1, 0.15) is 29.3 Å². The third kappa shape index (κ3) is 4.17. The fraction of sp³-hybridized carbons (Fsp3) is 0.167. The Labute approximate surface area is 164 Å². The van der Waals surface area contributed by atoms with Crippen molar-refractivity contribution < 1.29 is 4.79 Å². The lowest BCUT2D eigenvalue weighted by Crippen LogP contribution is -2.19. The molecular weight excluding hydrogens is 348 g/mol. The molecule has 4 heteroatoms. The number of allylic oxidation sites excluding steroid dienone is 8. The van der Waals surface area contributed by atoms with E-state index >= 15 is 0 Å². The third-order valence-corrected chi connectivity index (χ3v) is 5.02. The van der Waals surface area contributed by atoms with Crippen molar-refractivity contribution in [1.29, 1.82) is 0 Å². The third-order valence-electron chi connectivity index (χ3n) is 5.02. The second-order valence-electron chi connectivity index (χ2n) is 7.15. The number of nitrogens with zero attached hydrogens (tertiary/aromatic N) is 2. The fourth-order valence-electron chi connectivity index (χ4n) is 3.25. The number of ketones is 1. The van der Waals surface area contributed by atoms with E-state index < -0.39 is 0 Å². The highest BCUT2D eigenvalue weighted by atomic mass is 16.1. The summed E-state index contributed by atoms with van der Waals surface area (Å²) in [6, 6.07) is 7.13. The molecule has 2 aromatic rings. The first-order valence-corrected chi connectivity index (χ1v) is 9.35. The molecule has 0 fully saturated rings. The second kappa shape index (κ2) is 7.77. The molecule has 0 atom stereocenters. The summed E-state index contributed by atoms with van der Waals surface area (Å²) in [6.45, 7) is 2.64. The van der Waals surface area contributed by atoms with Crippen molar-refractivity contribution >= 4 is 5.78 Å². The van der Waals surface area contributed by atoms with E-state index in [1.54, 1.807) is 22.9 Å². The Morgan fingerprint density at radius 3 is 2.82 bits per heavy atom.